The number of nitrogens with zero attached hydrogens (tertiary/aromatic N) is 1. The molecule has 0 N–H and O–H groups in total. The molecule has 0 unspecified atom stereocenters. The zero-order valence-corrected chi connectivity index (χ0v) is 7.29. The Bertz CT molecular complexity index is 403. The van der Waals surface area contributed by atoms with Gasteiger partial charge in [0.05, 0.1) is 0 Å². The van der Waals surface area contributed by atoms with Gasteiger partial charge in [0.25, 0.3) is 0 Å². The van der Waals surface area contributed by atoms with Crippen LogP contribution in [0.15, 0.2) is 22.9 Å². The van der Waals surface area contributed by atoms with E-state index >= 15 is 0 Å². The smallest absolute Gasteiger partial charge is 0.181 e. The van der Waals surface area contributed by atoms with E-state index < -0.39 is 0 Å². The maximum Gasteiger partial charge on any atom is 0.181 e. The summed E-state index contributed by atoms with van der Waals surface area (Å²) in [6.45, 7) is 4.19. The molecule has 62 valence electrons. The highest BCUT2D eigenvalue weighted by atomic mass is 16.3. The molecule has 0 saturated carbocycles. The van der Waals surface area contributed by atoms with Gasteiger partial charge in [0, 0.05) is 0 Å². The summed E-state index contributed by atoms with van der Waals surface area (Å²) < 4.78 is 5.24. The minimum absolute atomic E-state index is 0.909. The Balaban J connectivity index is 2.75. The van der Waals surface area contributed by atoms with Crippen LogP contribution in [0.25, 0.3) is 11.1 Å². The molecule has 0 spiro atoms. The first kappa shape index (κ1) is 7.35. The van der Waals surface area contributed by atoms with Gasteiger partial charge in [0.1, 0.15) is 5.52 Å². The lowest BCUT2D eigenvalue weighted by molar-refractivity contribution is 0.600. The maximum atomic E-state index is 5.24. The lowest BCUT2D eigenvalue weighted by Crippen LogP contribution is -1.82. The van der Waals surface area contributed by atoms with E-state index in [-0.39, 0.29) is 0 Å². The second-order valence-corrected chi connectivity index (χ2v) is 2.97. The van der Waals surface area contributed by atoms with Gasteiger partial charge in [-0.05, 0) is 30.5 Å². The fourth-order valence-electron chi connectivity index (χ4n) is 1.42. The summed E-state index contributed by atoms with van der Waals surface area (Å²) in [5, 5.41) is 0. The van der Waals surface area contributed by atoms with Crippen molar-refractivity contribution in [3.05, 3.63) is 29.7 Å². The number of hydrogen-bond acceptors (Lipinski definition) is 2. The van der Waals surface area contributed by atoms with Crippen molar-refractivity contribution in [1.82, 2.24) is 4.98 Å². The van der Waals surface area contributed by atoms with Crippen molar-refractivity contribution in [2.45, 2.75) is 20.3 Å². The number of aromatic nitrogens is 1. The van der Waals surface area contributed by atoms with Crippen LogP contribution in [0.1, 0.15) is 18.1 Å². The van der Waals surface area contributed by atoms with E-state index in [1.165, 1.54) is 17.5 Å². The van der Waals surface area contributed by atoms with Gasteiger partial charge in [0.15, 0.2) is 12.0 Å². The van der Waals surface area contributed by atoms with E-state index in [1.807, 2.05) is 6.92 Å². The fraction of sp³-hybridized carbons (Fsp3) is 0.300. The molecule has 0 amide bonds. The van der Waals surface area contributed by atoms with Crippen molar-refractivity contribution in [1.29, 1.82) is 0 Å². The number of fused-ring (bicyclic) bond motifs is 1. The molecule has 0 aliphatic carbocycles. The van der Waals surface area contributed by atoms with Crippen molar-refractivity contribution in [3.63, 3.8) is 0 Å². The maximum absolute atomic E-state index is 5.24. The predicted octanol–water partition coefficient (Wildman–Crippen LogP) is 2.70. The molecule has 0 aliphatic rings. The summed E-state index contributed by atoms with van der Waals surface area (Å²) in [5.41, 5.74) is 4.36. The molecule has 1 aromatic carbocycles. The predicted molar refractivity (Wildman–Crippen MR) is 48.1 cm³/mol. The molecule has 1 heterocycles. The van der Waals surface area contributed by atoms with Crippen LogP contribution in [-0.4, -0.2) is 4.98 Å². The van der Waals surface area contributed by atoms with Gasteiger partial charge < -0.3 is 4.42 Å². The molecular formula is C10H11NO. The van der Waals surface area contributed by atoms with Crippen LogP contribution in [0.3, 0.4) is 0 Å². The Morgan fingerprint density at radius 1 is 1.42 bits per heavy atom. The van der Waals surface area contributed by atoms with E-state index in [0.717, 1.165) is 17.5 Å². The number of aryl methyl sites for hydroxylation is 2. The Labute approximate surface area is 71.2 Å². The summed E-state index contributed by atoms with van der Waals surface area (Å²) in [7, 11) is 0. The standard InChI is InChI=1S/C10H11NO/c1-3-8-4-7(2)10-9(5-8)11-6-12-10/h4-6H,3H2,1-2H3. The normalized spacial score (nSPS) is 10.8. The minimum atomic E-state index is 0.909. The van der Waals surface area contributed by atoms with Gasteiger partial charge in [-0.1, -0.05) is 13.0 Å². The topological polar surface area (TPSA) is 26.0 Å². The molecule has 12 heavy (non-hydrogen) atoms. The molecule has 1 aromatic heterocycles. The molecule has 0 aliphatic heterocycles. The van der Waals surface area contributed by atoms with Crippen LogP contribution in [-0.2, 0) is 6.42 Å². The molecule has 2 aromatic rings. The van der Waals surface area contributed by atoms with Gasteiger partial charge in [-0.15, -0.1) is 0 Å². The Morgan fingerprint density at radius 2 is 2.25 bits per heavy atom. The number of oxazole rings is 1. The van der Waals surface area contributed by atoms with Crippen LogP contribution in [0.4, 0.5) is 0 Å². The first-order valence-corrected chi connectivity index (χ1v) is 4.14. The third kappa shape index (κ3) is 0.998. The zero-order chi connectivity index (χ0) is 8.55. The molecule has 2 nitrogen and oxygen atoms in total. The first-order valence-electron chi connectivity index (χ1n) is 4.14. The second kappa shape index (κ2) is 2.63. The SMILES string of the molecule is CCc1cc(C)c2ocnc2c1. The number of benzene rings is 1. The van der Waals surface area contributed by atoms with E-state index in [2.05, 4.69) is 24.0 Å². The third-order valence-corrected chi connectivity index (χ3v) is 2.09. The van der Waals surface area contributed by atoms with Gasteiger partial charge in [-0.3, -0.25) is 0 Å². The molecule has 0 atom stereocenters. The highest BCUT2D eigenvalue weighted by molar-refractivity contribution is 5.76. The van der Waals surface area contributed by atoms with Crippen LogP contribution in [0, 0.1) is 6.92 Å². The fourth-order valence-corrected chi connectivity index (χ4v) is 1.42. The summed E-state index contributed by atoms with van der Waals surface area (Å²) >= 11 is 0. The monoisotopic (exact) mass is 161 g/mol. The van der Waals surface area contributed by atoms with Gasteiger partial charge >= 0.3 is 0 Å². The van der Waals surface area contributed by atoms with E-state index in [9.17, 15) is 0 Å². The summed E-state index contributed by atoms with van der Waals surface area (Å²) in [6, 6.07) is 4.22. The number of rotatable bonds is 1. The molecule has 0 bridgehead atoms. The Kier molecular flexibility index (Phi) is 1.61. The van der Waals surface area contributed by atoms with Gasteiger partial charge in [0.2, 0.25) is 0 Å². The first-order chi connectivity index (χ1) is 5.81. The largest absolute Gasteiger partial charge is 0.443 e. The highest BCUT2D eigenvalue weighted by Gasteiger charge is 2.02. The van der Waals surface area contributed by atoms with Crippen molar-refractivity contribution in [2.75, 3.05) is 0 Å². The second-order valence-electron chi connectivity index (χ2n) is 2.97. The zero-order valence-electron chi connectivity index (χ0n) is 7.29. The van der Waals surface area contributed by atoms with Crippen LogP contribution < -0.4 is 0 Å². The molecule has 0 saturated heterocycles. The summed E-state index contributed by atoms with van der Waals surface area (Å²) in [6.07, 6.45) is 2.54. The quantitative estimate of drug-likeness (QED) is 0.642. The van der Waals surface area contributed by atoms with Crippen LogP contribution in [0.5, 0.6) is 0 Å². The molecule has 0 radical (unpaired) electrons. The molecule has 0 fully saturated rings. The van der Waals surface area contributed by atoms with E-state index in [4.69, 9.17) is 4.42 Å². The minimum Gasteiger partial charge on any atom is -0.443 e. The van der Waals surface area contributed by atoms with Crippen LogP contribution >= 0.6 is 0 Å². The summed E-state index contributed by atoms with van der Waals surface area (Å²) in [5.74, 6) is 0. The summed E-state index contributed by atoms with van der Waals surface area (Å²) in [4.78, 5) is 4.12. The van der Waals surface area contributed by atoms with Crippen molar-refractivity contribution in [3.8, 4) is 0 Å². The Morgan fingerprint density at radius 3 is 3.00 bits per heavy atom. The molecule has 2 heteroatoms. The molecular weight excluding hydrogens is 150 g/mol. The third-order valence-electron chi connectivity index (χ3n) is 2.09. The van der Waals surface area contributed by atoms with E-state index in [0.29, 0.717) is 0 Å². The Hall–Kier alpha value is -1.31. The van der Waals surface area contributed by atoms with Gasteiger partial charge in [-0.25, -0.2) is 4.98 Å². The average molecular weight is 161 g/mol. The lowest BCUT2D eigenvalue weighted by Gasteiger charge is -1.98. The van der Waals surface area contributed by atoms with Crippen molar-refractivity contribution < 1.29 is 4.42 Å². The highest BCUT2D eigenvalue weighted by Crippen LogP contribution is 2.19. The van der Waals surface area contributed by atoms with Crippen LogP contribution in [0.2, 0.25) is 0 Å². The van der Waals surface area contributed by atoms with Crippen molar-refractivity contribution >= 4 is 11.1 Å². The lowest BCUT2D eigenvalue weighted by atomic mass is 10.1. The van der Waals surface area contributed by atoms with Gasteiger partial charge in [-0.2, -0.15) is 0 Å². The van der Waals surface area contributed by atoms with E-state index in [1.54, 1.807) is 0 Å². The average Bonchev–Trinajstić information content (AvgIpc) is 2.52. The number of hydrogen-bond donors (Lipinski definition) is 0. The van der Waals surface area contributed by atoms with Crippen molar-refractivity contribution in [2.24, 2.45) is 0 Å². The molecule has 2 rings (SSSR count).